The summed E-state index contributed by atoms with van der Waals surface area (Å²) in [5.41, 5.74) is 0.923. The fraction of sp³-hybridized carbons (Fsp3) is 0.600. The molecule has 0 bridgehead atoms. The largest absolute Gasteiger partial charge is 0.341 e. The van der Waals surface area contributed by atoms with Gasteiger partial charge < -0.3 is 14.2 Å². The van der Waals surface area contributed by atoms with Crippen LogP contribution < -0.4 is 0 Å². The van der Waals surface area contributed by atoms with Crippen LogP contribution in [0.5, 0.6) is 0 Å². The van der Waals surface area contributed by atoms with Crippen molar-refractivity contribution in [3.05, 3.63) is 17.8 Å². The van der Waals surface area contributed by atoms with E-state index in [9.17, 15) is 4.79 Å². The lowest BCUT2D eigenvalue weighted by molar-refractivity contribution is -0.211. The number of fused-ring (bicyclic) bond motifs is 2. The Hall–Kier alpha value is -1.85. The van der Waals surface area contributed by atoms with Crippen LogP contribution in [0.25, 0.3) is 11.2 Å². The molecule has 4 heterocycles. The monoisotopic (exact) mass is 383 g/mol. The van der Waals surface area contributed by atoms with Crippen molar-refractivity contribution in [2.45, 2.75) is 44.2 Å². The number of hydrogen-bond donors (Lipinski definition) is 0. The number of carbonyl (C=O) groups excluding carboxylic acids is 1. The molecule has 0 aliphatic carbocycles. The molecule has 140 valence electrons. The van der Waals surface area contributed by atoms with Gasteiger partial charge in [0, 0.05) is 7.05 Å². The van der Waals surface area contributed by atoms with Gasteiger partial charge in [-0.25, -0.2) is 20.0 Å². The van der Waals surface area contributed by atoms with Gasteiger partial charge in [0.15, 0.2) is 28.9 Å². The topological polar surface area (TPSA) is 101 Å². The third-order valence-corrected chi connectivity index (χ3v) is 4.72. The van der Waals surface area contributed by atoms with E-state index in [2.05, 4.69) is 15.0 Å². The summed E-state index contributed by atoms with van der Waals surface area (Å²) in [5, 5.41) is 1.34. The van der Waals surface area contributed by atoms with Crippen molar-refractivity contribution >= 4 is 28.7 Å². The molecule has 2 aromatic heterocycles. The number of hydrogen-bond acceptors (Lipinski definition) is 8. The Kier molecular flexibility index (Phi) is 4.12. The Bertz CT molecular complexity index is 858. The number of imidazole rings is 1. The van der Waals surface area contributed by atoms with Gasteiger partial charge in [-0.1, -0.05) is 11.6 Å². The summed E-state index contributed by atoms with van der Waals surface area (Å²) >= 11 is 6.07. The smallest absolute Gasteiger partial charge is 0.277 e. The van der Waals surface area contributed by atoms with E-state index in [0.717, 1.165) is 5.06 Å². The Morgan fingerprint density at radius 1 is 1.31 bits per heavy atom. The van der Waals surface area contributed by atoms with Crippen molar-refractivity contribution in [2.24, 2.45) is 0 Å². The maximum Gasteiger partial charge on any atom is 0.277 e. The van der Waals surface area contributed by atoms with Crippen LogP contribution in [0.2, 0.25) is 5.15 Å². The minimum absolute atomic E-state index is 0.235. The predicted octanol–water partition coefficient (Wildman–Crippen LogP) is 0.917. The Morgan fingerprint density at radius 3 is 2.77 bits per heavy atom. The number of amides is 1. The molecule has 2 aliphatic rings. The van der Waals surface area contributed by atoms with Gasteiger partial charge in [-0.3, -0.25) is 14.2 Å². The summed E-state index contributed by atoms with van der Waals surface area (Å²) in [7, 11) is 2.91. The molecule has 0 saturated carbocycles. The molecule has 2 aliphatic heterocycles. The highest BCUT2D eigenvalue weighted by Gasteiger charge is 2.58. The van der Waals surface area contributed by atoms with E-state index in [4.69, 9.17) is 30.6 Å². The fourth-order valence-corrected chi connectivity index (χ4v) is 3.46. The van der Waals surface area contributed by atoms with Crippen molar-refractivity contribution in [3.8, 4) is 0 Å². The average molecular weight is 384 g/mol. The lowest BCUT2D eigenvalue weighted by Crippen LogP contribution is -2.43. The number of likely N-dealkylation sites (N-methyl/N-ethyl adjacent to an activating group) is 1. The van der Waals surface area contributed by atoms with Crippen LogP contribution in [0, 0.1) is 0 Å². The third-order valence-electron chi connectivity index (χ3n) is 4.44. The van der Waals surface area contributed by atoms with E-state index >= 15 is 0 Å². The number of carbonyl (C=O) groups is 1. The zero-order chi connectivity index (χ0) is 18.6. The molecule has 0 spiro atoms. The lowest BCUT2D eigenvalue weighted by atomic mass is 10.1. The van der Waals surface area contributed by atoms with E-state index in [1.54, 1.807) is 18.4 Å². The van der Waals surface area contributed by atoms with E-state index in [0.29, 0.717) is 11.2 Å². The molecule has 11 heteroatoms. The Balaban J connectivity index is 1.74. The predicted molar refractivity (Wildman–Crippen MR) is 87.8 cm³/mol. The molecule has 4 rings (SSSR count). The number of hydroxylamine groups is 2. The van der Waals surface area contributed by atoms with Crippen molar-refractivity contribution in [1.82, 2.24) is 24.6 Å². The second-order valence-corrected chi connectivity index (χ2v) is 6.88. The van der Waals surface area contributed by atoms with E-state index in [1.807, 2.05) is 0 Å². The molecule has 2 unspecified atom stereocenters. The van der Waals surface area contributed by atoms with E-state index in [-0.39, 0.29) is 11.1 Å². The summed E-state index contributed by atoms with van der Waals surface area (Å²) in [6.45, 7) is 3.57. The third kappa shape index (κ3) is 2.65. The average Bonchev–Trinajstić information content (AvgIpc) is 3.24. The Morgan fingerprint density at radius 2 is 2.04 bits per heavy atom. The summed E-state index contributed by atoms with van der Waals surface area (Å²) in [5.74, 6) is -1.23. The van der Waals surface area contributed by atoms with Gasteiger partial charge in [0.1, 0.15) is 24.1 Å². The number of ether oxygens (including phenoxy) is 3. The van der Waals surface area contributed by atoms with Gasteiger partial charge >= 0.3 is 0 Å². The van der Waals surface area contributed by atoms with Crippen LogP contribution in [0.4, 0.5) is 0 Å². The molecule has 2 saturated heterocycles. The van der Waals surface area contributed by atoms with Gasteiger partial charge in [-0.2, -0.15) is 0 Å². The van der Waals surface area contributed by atoms with Gasteiger partial charge in [0.05, 0.1) is 13.4 Å². The van der Waals surface area contributed by atoms with Crippen LogP contribution in [-0.4, -0.2) is 68.7 Å². The van der Waals surface area contributed by atoms with Crippen molar-refractivity contribution < 1.29 is 23.8 Å². The normalized spacial score (nSPS) is 29.9. The first-order valence-corrected chi connectivity index (χ1v) is 8.36. The molecule has 10 nitrogen and oxygen atoms in total. The maximum atomic E-state index is 12.6. The molecule has 4 atom stereocenters. The summed E-state index contributed by atoms with van der Waals surface area (Å²) < 4.78 is 19.6. The highest BCUT2D eigenvalue weighted by atomic mass is 35.5. The number of nitrogens with zero attached hydrogens (tertiary/aromatic N) is 5. The second-order valence-electron chi connectivity index (χ2n) is 6.52. The SMILES string of the molecule is CON(C)C(=O)C1O[C@@H](n2cnc3c(Cl)ncnc32)[C@@H]2OC(C)(C)OC12. The van der Waals surface area contributed by atoms with Crippen molar-refractivity contribution in [2.75, 3.05) is 14.2 Å². The molecule has 0 radical (unpaired) electrons. The number of aromatic nitrogens is 4. The van der Waals surface area contributed by atoms with Crippen LogP contribution in [0.1, 0.15) is 20.1 Å². The zero-order valence-corrected chi connectivity index (χ0v) is 15.4. The first-order valence-electron chi connectivity index (χ1n) is 7.98. The maximum absolute atomic E-state index is 12.6. The lowest BCUT2D eigenvalue weighted by Gasteiger charge is -2.25. The minimum Gasteiger partial charge on any atom is -0.341 e. The zero-order valence-electron chi connectivity index (χ0n) is 14.6. The van der Waals surface area contributed by atoms with Crippen LogP contribution in [0.15, 0.2) is 12.7 Å². The number of rotatable bonds is 3. The van der Waals surface area contributed by atoms with Gasteiger partial charge in [0.25, 0.3) is 5.91 Å². The number of halogens is 1. The standard InChI is InChI=1S/C15H18ClN5O5/c1-15(2)25-8-9(13(22)20(3)23-4)24-14(10(8)26-15)21-6-19-7-11(16)17-5-18-12(7)21/h5-6,8-10,14H,1-4H3/t8?,9?,10-,14-/m1/s1. The van der Waals surface area contributed by atoms with Crippen LogP contribution in [-0.2, 0) is 23.8 Å². The second kappa shape index (κ2) is 6.10. The highest BCUT2D eigenvalue weighted by Crippen LogP contribution is 2.44. The molecule has 26 heavy (non-hydrogen) atoms. The molecule has 2 aromatic rings. The first-order chi connectivity index (χ1) is 12.3. The quantitative estimate of drug-likeness (QED) is 0.569. The molecule has 1 amide bonds. The summed E-state index contributed by atoms with van der Waals surface area (Å²) in [4.78, 5) is 30.0. The highest BCUT2D eigenvalue weighted by molar-refractivity contribution is 6.33. The van der Waals surface area contributed by atoms with E-state index < -0.39 is 30.3 Å². The van der Waals surface area contributed by atoms with Gasteiger partial charge in [-0.15, -0.1) is 0 Å². The molecule has 0 N–H and O–H groups in total. The first kappa shape index (κ1) is 17.6. The van der Waals surface area contributed by atoms with Crippen molar-refractivity contribution in [3.63, 3.8) is 0 Å². The minimum atomic E-state index is -0.897. The summed E-state index contributed by atoms with van der Waals surface area (Å²) in [6, 6.07) is 0. The molecular weight excluding hydrogens is 366 g/mol. The Labute approximate surface area is 153 Å². The fourth-order valence-electron chi connectivity index (χ4n) is 3.28. The summed E-state index contributed by atoms with van der Waals surface area (Å²) in [6.07, 6.45) is 0.176. The molecular formula is C15H18ClN5O5. The van der Waals surface area contributed by atoms with E-state index in [1.165, 1.54) is 26.8 Å². The van der Waals surface area contributed by atoms with Gasteiger partial charge in [-0.05, 0) is 13.8 Å². The van der Waals surface area contributed by atoms with Gasteiger partial charge in [0.2, 0.25) is 0 Å². The van der Waals surface area contributed by atoms with Crippen molar-refractivity contribution in [1.29, 1.82) is 0 Å². The van der Waals surface area contributed by atoms with Crippen LogP contribution in [0.3, 0.4) is 0 Å². The van der Waals surface area contributed by atoms with Crippen LogP contribution >= 0.6 is 11.6 Å². The molecule has 2 fully saturated rings. The molecule has 0 aromatic carbocycles.